The van der Waals surface area contributed by atoms with E-state index in [1.54, 1.807) is 31.4 Å². The Morgan fingerprint density at radius 3 is 2.45 bits per heavy atom. The van der Waals surface area contributed by atoms with E-state index in [9.17, 15) is 18.0 Å². The van der Waals surface area contributed by atoms with Crippen LogP contribution in [0.5, 0.6) is 5.75 Å². The predicted octanol–water partition coefficient (Wildman–Crippen LogP) is 7.14. The smallest absolute Gasteiger partial charge is 0.434 e. The number of nitrogens with zero attached hydrogens (tertiary/aromatic N) is 3. The van der Waals surface area contributed by atoms with Crippen LogP contribution in [0.3, 0.4) is 0 Å². The highest BCUT2D eigenvalue weighted by molar-refractivity contribution is 6.31. The summed E-state index contributed by atoms with van der Waals surface area (Å²) in [6.45, 7) is 3.47. The number of methoxy groups -OCH3 is 1. The summed E-state index contributed by atoms with van der Waals surface area (Å²) in [5, 5.41) is 4.36. The van der Waals surface area contributed by atoms with Crippen LogP contribution in [0.15, 0.2) is 66.9 Å². The average Bonchev–Trinajstić information content (AvgIpc) is 3.36. The summed E-state index contributed by atoms with van der Waals surface area (Å²) in [5.74, 6) is -0.488. The zero-order chi connectivity index (χ0) is 27.4. The lowest BCUT2D eigenvalue weighted by molar-refractivity contribution is -0.143. The number of esters is 1. The number of aromatic nitrogens is 3. The third kappa shape index (κ3) is 5.67. The molecule has 6 nitrogen and oxygen atoms in total. The summed E-state index contributed by atoms with van der Waals surface area (Å²) >= 11 is 6.63. The molecule has 0 amide bonds. The molecule has 1 atom stereocenters. The standard InChI is InChI=1S/C28H25ClF3N3O3/c1-4-38-27(36)21-16-33-35(26(21)28(30,31)32)24-10-6-9-23(34-24)20-7-5-8-22(29)25(20)17(2)15-18-11-13-19(37-3)14-12-18/h5-14,16-17H,4,15H2,1-3H3. The largest absolute Gasteiger partial charge is 0.497 e. The van der Waals surface area contributed by atoms with Gasteiger partial charge in [-0.1, -0.05) is 48.9 Å². The van der Waals surface area contributed by atoms with Crippen molar-refractivity contribution in [3.05, 3.63) is 94.3 Å². The Bertz CT molecular complexity index is 1440. The quantitative estimate of drug-likeness (QED) is 0.221. The number of hydrogen-bond acceptors (Lipinski definition) is 5. The number of rotatable bonds is 8. The Morgan fingerprint density at radius 1 is 1.08 bits per heavy atom. The van der Waals surface area contributed by atoms with Crippen molar-refractivity contribution in [2.45, 2.75) is 32.4 Å². The van der Waals surface area contributed by atoms with Gasteiger partial charge in [0.2, 0.25) is 0 Å². The van der Waals surface area contributed by atoms with Crippen molar-refractivity contribution >= 4 is 17.6 Å². The van der Waals surface area contributed by atoms with Gasteiger partial charge in [0.15, 0.2) is 11.5 Å². The molecule has 2 aromatic carbocycles. The molecule has 38 heavy (non-hydrogen) atoms. The molecule has 0 fully saturated rings. The van der Waals surface area contributed by atoms with E-state index in [4.69, 9.17) is 21.1 Å². The van der Waals surface area contributed by atoms with Gasteiger partial charge in [-0.3, -0.25) is 0 Å². The molecule has 198 valence electrons. The minimum absolute atomic E-state index is 0.0385. The summed E-state index contributed by atoms with van der Waals surface area (Å²) in [5.41, 5.74) is 1.07. The van der Waals surface area contributed by atoms with Gasteiger partial charge in [0.1, 0.15) is 11.3 Å². The fourth-order valence-electron chi connectivity index (χ4n) is 4.32. The number of halogens is 4. The van der Waals surface area contributed by atoms with Gasteiger partial charge in [0, 0.05) is 10.6 Å². The topological polar surface area (TPSA) is 66.2 Å². The number of hydrogen-bond donors (Lipinski definition) is 0. The van der Waals surface area contributed by atoms with Crippen LogP contribution < -0.4 is 4.74 Å². The van der Waals surface area contributed by atoms with E-state index in [0.717, 1.165) is 23.1 Å². The Labute approximate surface area is 223 Å². The molecule has 2 heterocycles. The van der Waals surface area contributed by atoms with Gasteiger partial charge in [-0.15, -0.1) is 0 Å². The number of alkyl halides is 3. The molecule has 0 aliphatic carbocycles. The minimum Gasteiger partial charge on any atom is -0.497 e. The van der Waals surface area contributed by atoms with E-state index in [1.807, 2.05) is 37.3 Å². The molecule has 4 rings (SSSR count). The Balaban J connectivity index is 1.75. The second-order valence-electron chi connectivity index (χ2n) is 8.57. The summed E-state index contributed by atoms with van der Waals surface area (Å²) in [6.07, 6.45) is -3.36. The van der Waals surface area contributed by atoms with Crippen molar-refractivity contribution in [3.8, 4) is 22.8 Å². The van der Waals surface area contributed by atoms with E-state index in [-0.39, 0.29) is 18.3 Å². The fraction of sp³-hybridized carbons (Fsp3) is 0.250. The molecule has 0 N–H and O–H groups in total. The van der Waals surface area contributed by atoms with E-state index in [0.29, 0.717) is 27.4 Å². The van der Waals surface area contributed by atoms with Crippen LogP contribution >= 0.6 is 11.6 Å². The highest BCUT2D eigenvalue weighted by atomic mass is 35.5. The maximum atomic E-state index is 14.0. The van der Waals surface area contributed by atoms with Crippen LogP contribution in [0.25, 0.3) is 17.1 Å². The molecule has 0 radical (unpaired) electrons. The van der Waals surface area contributed by atoms with Gasteiger partial charge >= 0.3 is 12.1 Å². The first-order valence-corrected chi connectivity index (χ1v) is 12.2. The number of benzene rings is 2. The monoisotopic (exact) mass is 543 g/mol. The van der Waals surface area contributed by atoms with Gasteiger partial charge in [-0.05, 0) is 60.7 Å². The van der Waals surface area contributed by atoms with Gasteiger partial charge in [0.25, 0.3) is 0 Å². The summed E-state index contributed by atoms with van der Waals surface area (Å²) < 4.78 is 52.7. The van der Waals surface area contributed by atoms with Crippen molar-refractivity contribution in [1.29, 1.82) is 0 Å². The summed E-state index contributed by atoms with van der Waals surface area (Å²) in [6, 6.07) is 17.8. The van der Waals surface area contributed by atoms with Crippen LogP contribution in [0, 0.1) is 0 Å². The van der Waals surface area contributed by atoms with Crippen molar-refractivity contribution < 1.29 is 27.4 Å². The molecule has 0 saturated carbocycles. The molecule has 2 aromatic heterocycles. The van der Waals surface area contributed by atoms with Crippen LogP contribution in [0.2, 0.25) is 5.02 Å². The lowest BCUT2D eigenvalue weighted by Crippen LogP contribution is -2.19. The molecule has 0 bridgehead atoms. The molecule has 0 aliphatic rings. The highest BCUT2D eigenvalue weighted by Gasteiger charge is 2.41. The molecule has 0 spiro atoms. The van der Waals surface area contributed by atoms with Gasteiger partial charge < -0.3 is 9.47 Å². The SMILES string of the molecule is CCOC(=O)c1cnn(-c2cccc(-c3cccc(Cl)c3C(C)Cc3ccc(OC)cc3)n2)c1C(F)(F)F. The van der Waals surface area contributed by atoms with E-state index in [1.165, 1.54) is 13.0 Å². The molecule has 4 aromatic rings. The average molecular weight is 544 g/mol. The number of carbonyl (C=O) groups is 1. The Morgan fingerprint density at radius 2 is 1.79 bits per heavy atom. The second-order valence-corrected chi connectivity index (χ2v) is 8.98. The van der Waals surface area contributed by atoms with E-state index >= 15 is 0 Å². The van der Waals surface area contributed by atoms with Crippen LogP contribution in [0.1, 0.15) is 46.9 Å². The van der Waals surface area contributed by atoms with Crippen molar-refractivity contribution in [2.75, 3.05) is 13.7 Å². The molecule has 1 unspecified atom stereocenters. The predicted molar refractivity (Wildman–Crippen MR) is 138 cm³/mol. The molecular weight excluding hydrogens is 519 g/mol. The third-order valence-electron chi connectivity index (χ3n) is 6.01. The number of ether oxygens (including phenoxy) is 2. The van der Waals surface area contributed by atoms with Crippen LogP contribution in [-0.2, 0) is 17.3 Å². The second kappa shape index (κ2) is 11.3. The van der Waals surface area contributed by atoms with Gasteiger partial charge in [-0.2, -0.15) is 18.3 Å². The normalized spacial score (nSPS) is 12.3. The van der Waals surface area contributed by atoms with Crippen molar-refractivity contribution in [1.82, 2.24) is 14.8 Å². The fourth-order valence-corrected chi connectivity index (χ4v) is 4.68. The zero-order valence-corrected chi connectivity index (χ0v) is 21.7. The van der Waals surface area contributed by atoms with Gasteiger partial charge in [0.05, 0.1) is 25.6 Å². The summed E-state index contributed by atoms with van der Waals surface area (Å²) in [4.78, 5) is 16.7. The lowest BCUT2D eigenvalue weighted by atomic mass is 9.89. The van der Waals surface area contributed by atoms with E-state index < -0.39 is 23.4 Å². The molecule has 0 aliphatic heterocycles. The maximum absolute atomic E-state index is 14.0. The molecule has 0 saturated heterocycles. The van der Waals surface area contributed by atoms with Crippen molar-refractivity contribution in [3.63, 3.8) is 0 Å². The number of carbonyl (C=O) groups excluding carboxylic acids is 1. The lowest BCUT2D eigenvalue weighted by Gasteiger charge is -2.19. The van der Waals surface area contributed by atoms with E-state index in [2.05, 4.69) is 10.1 Å². The van der Waals surface area contributed by atoms with Crippen molar-refractivity contribution in [2.24, 2.45) is 0 Å². The first-order chi connectivity index (χ1) is 18.1. The first-order valence-electron chi connectivity index (χ1n) is 11.9. The number of pyridine rings is 1. The van der Waals surface area contributed by atoms with Crippen LogP contribution in [-0.4, -0.2) is 34.5 Å². The van der Waals surface area contributed by atoms with Crippen LogP contribution in [0.4, 0.5) is 13.2 Å². The Hall–Kier alpha value is -3.85. The maximum Gasteiger partial charge on any atom is 0.434 e. The Kier molecular flexibility index (Phi) is 8.06. The molecular formula is C28H25ClF3N3O3. The highest BCUT2D eigenvalue weighted by Crippen LogP contribution is 2.37. The summed E-state index contributed by atoms with van der Waals surface area (Å²) in [7, 11) is 1.60. The zero-order valence-electron chi connectivity index (χ0n) is 20.9. The third-order valence-corrected chi connectivity index (χ3v) is 6.34. The minimum atomic E-state index is -4.87. The molecule has 10 heteroatoms. The first kappa shape index (κ1) is 27.2. The van der Waals surface area contributed by atoms with Gasteiger partial charge in [-0.25, -0.2) is 14.5 Å².